The summed E-state index contributed by atoms with van der Waals surface area (Å²) in [5.74, 6) is 2.33. The Morgan fingerprint density at radius 3 is 2.63 bits per heavy atom. The molecule has 4 heteroatoms. The molecule has 0 amide bonds. The first kappa shape index (κ1) is 14.2. The van der Waals surface area contributed by atoms with Gasteiger partial charge >= 0.3 is 0 Å². The molecule has 3 N–H and O–H groups in total. The third-order valence-corrected chi connectivity index (χ3v) is 4.22. The molecule has 19 heavy (non-hydrogen) atoms. The van der Waals surface area contributed by atoms with Crippen molar-refractivity contribution in [3.63, 3.8) is 0 Å². The topological polar surface area (TPSA) is 55.9 Å². The van der Waals surface area contributed by atoms with Gasteiger partial charge in [-0.25, -0.2) is 0 Å². The molecule has 1 aliphatic rings. The van der Waals surface area contributed by atoms with E-state index in [1.807, 2.05) is 11.7 Å². The number of hydrogen-bond donors (Lipinski definition) is 2. The van der Waals surface area contributed by atoms with Crippen molar-refractivity contribution in [1.82, 2.24) is 9.78 Å². The van der Waals surface area contributed by atoms with Crippen molar-refractivity contribution < 1.29 is 0 Å². The van der Waals surface area contributed by atoms with Crippen LogP contribution in [0.25, 0.3) is 0 Å². The fourth-order valence-corrected chi connectivity index (χ4v) is 3.09. The standard InChI is InChI=1S/C15H28N4/c1-11(2)14-13(16)15(19(3)18-14)17-10-6-9-12-7-4-5-8-12/h11-12,17H,4-10,16H2,1-3H3. The van der Waals surface area contributed by atoms with Crippen molar-refractivity contribution in [2.24, 2.45) is 13.0 Å². The Morgan fingerprint density at radius 2 is 2.05 bits per heavy atom. The number of nitrogens with zero attached hydrogens (tertiary/aromatic N) is 2. The quantitative estimate of drug-likeness (QED) is 0.773. The van der Waals surface area contributed by atoms with Crippen LogP contribution in [0.1, 0.15) is 64.0 Å². The Balaban J connectivity index is 1.82. The van der Waals surface area contributed by atoms with Crippen LogP contribution >= 0.6 is 0 Å². The Bertz CT molecular complexity index is 403. The highest BCUT2D eigenvalue weighted by atomic mass is 15.3. The monoisotopic (exact) mass is 264 g/mol. The van der Waals surface area contributed by atoms with Crippen LogP contribution in [0, 0.1) is 5.92 Å². The lowest BCUT2D eigenvalue weighted by atomic mass is 10.0. The average Bonchev–Trinajstić information content (AvgIpc) is 2.96. The van der Waals surface area contributed by atoms with Crippen molar-refractivity contribution in [3.8, 4) is 0 Å². The molecule has 1 fully saturated rings. The zero-order valence-electron chi connectivity index (χ0n) is 12.6. The normalized spacial score (nSPS) is 16.4. The van der Waals surface area contributed by atoms with Crippen LogP contribution in [0.3, 0.4) is 0 Å². The Hall–Kier alpha value is -1.19. The van der Waals surface area contributed by atoms with Crippen LogP contribution in [-0.4, -0.2) is 16.3 Å². The van der Waals surface area contributed by atoms with Gasteiger partial charge in [-0.3, -0.25) is 4.68 Å². The number of nitrogens with two attached hydrogens (primary N) is 1. The average molecular weight is 264 g/mol. The summed E-state index contributed by atoms with van der Waals surface area (Å²) in [4.78, 5) is 0. The van der Waals surface area contributed by atoms with E-state index in [9.17, 15) is 0 Å². The molecule has 0 unspecified atom stereocenters. The first-order valence-corrected chi connectivity index (χ1v) is 7.65. The fourth-order valence-electron chi connectivity index (χ4n) is 3.09. The molecule has 0 radical (unpaired) electrons. The molecule has 1 saturated carbocycles. The van der Waals surface area contributed by atoms with E-state index in [4.69, 9.17) is 5.73 Å². The van der Waals surface area contributed by atoms with Gasteiger partial charge in [0.15, 0.2) is 0 Å². The van der Waals surface area contributed by atoms with E-state index in [0.717, 1.165) is 29.7 Å². The molecule has 1 aromatic heterocycles. The van der Waals surface area contributed by atoms with E-state index >= 15 is 0 Å². The van der Waals surface area contributed by atoms with Crippen LogP contribution in [0.15, 0.2) is 0 Å². The van der Waals surface area contributed by atoms with Crippen LogP contribution in [0.2, 0.25) is 0 Å². The van der Waals surface area contributed by atoms with Gasteiger partial charge in [-0.05, 0) is 24.7 Å². The summed E-state index contributed by atoms with van der Waals surface area (Å²) in [6.07, 6.45) is 8.32. The molecule has 0 aliphatic heterocycles. The van der Waals surface area contributed by atoms with Gasteiger partial charge < -0.3 is 11.1 Å². The molecular weight excluding hydrogens is 236 g/mol. The van der Waals surface area contributed by atoms with Gasteiger partial charge in [0.1, 0.15) is 5.82 Å². The number of rotatable bonds is 6. The zero-order valence-corrected chi connectivity index (χ0v) is 12.6. The lowest BCUT2D eigenvalue weighted by molar-refractivity contribution is 0.491. The van der Waals surface area contributed by atoms with Crippen molar-refractivity contribution in [2.45, 2.75) is 58.3 Å². The molecule has 0 bridgehead atoms. The lowest BCUT2D eigenvalue weighted by Gasteiger charge is -2.10. The molecule has 0 atom stereocenters. The van der Waals surface area contributed by atoms with E-state index in [1.54, 1.807) is 0 Å². The molecule has 108 valence electrons. The van der Waals surface area contributed by atoms with Gasteiger partial charge in [-0.15, -0.1) is 0 Å². The van der Waals surface area contributed by atoms with Gasteiger partial charge in [-0.2, -0.15) is 5.10 Å². The highest BCUT2D eigenvalue weighted by Gasteiger charge is 2.16. The van der Waals surface area contributed by atoms with E-state index in [0.29, 0.717) is 5.92 Å². The second kappa shape index (κ2) is 6.31. The molecule has 0 spiro atoms. The number of aromatic nitrogens is 2. The predicted molar refractivity (Wildman–Crippen MR) is 81.4 cm³/mol. The van der Waals surface area contributed by atoms with Gasteiger partial charge in [-0.1, -0.05) is 39.5 Å². The maximum absolute atomic E-state index is 6.16. The number of nitrogen functional groups attached to an aromatic ring is 1. The molecule has 0 aromatic carbocycles. The van der Waals surface area contributed by atoms with Gasteiger partial charge in [0.25, 0.3) is 0 Å². The number of hydrogen-bond acceptors (Lipinski definition) is 3. The minimum atomic E-state index is 0.375. The summed E-state index contributed by atoms with van der Waals surface area (Å²) < 4.78 is 1.88. The minimum Gasteiger partial charge on any atom is -0.394 e. The summed E-state index contributed by atoms with van der Waals surface area (Å²) in [6, 6.07) is 0. The Kier molecular flexibility index (Phi) is 4.72. The van der Waals surface area contributed by atoms with E-state index in [-0.39, 0.29) is 0 Å². The number of aryl methyl sites for hydroxylation is 1. The number of anilines is 2. The Morgan fingerprint density at radius 1 is 1.37 bits per heavy atom. The van der Waals surface area contributed by atoms with Crippen LogP contribution < -0.4 is 11.1 Å². The van der Waals surface area contributed by atoms with Crippen molar-refractivity contribution in [1.29, 1.82) is 0 Å². The van der Waals surface area contributed by atoms with E-state index in [1.165, 1.54) is 38.5 Å². The summed E-state index contributed by atoms with van der Waals surface area (Å²) in [7, 11) is 1.96. The first-order valence-electron chi connectivity index (χ1n) is 7.65. The minimum absolute atomic E-state index is 0.375. The lowest BCUT2D eigenvalue weighted by Crippen LogP contribution is -2.09. The van der Waals surface area contributed by atoms with Crippen LogP contribution in [-0.2, 0) is 7.05 Å². The van der Waals surface area contributed by atoms with Crippen LogP contribution in [0.5, 0.6) is 0 Å². The van der Waals surface area contributed by atoms with Crippen LogP contribution in [0.4, 0.5) is 11.5 Å². The van der Waals surface area contributed by atoms with Crippen molar-refractivity contribution in [2.75, 3.05) is 17.6 Å². The molecular formula is C15H28N4. The highest BCUT2D eigenvalue weighted by Crippen LogP contribution is 2.29. The SMILES string of the molecule is CC(C)c1nn(C)c(NCCCC2CCCC2)c1N. The smallest absolute Gasteiger partial charge is 0.147 e. The Labute approximate surface area is 116 Å². The highest BCUT2D eigenvalue weighted by molar-refractivity contribution is 5.65. The third-order valence-electron chi connectivity index (χ3n) is 4.22. The predicted octanol–water partition coefficient (Wildman–Crippen LogP) is 3.51. The third kappa shape index (κ3) is 3.43. The van der Waals surface area contributed by atoms with Gasteiger partial charge in [0.2, 0.25) is 0 Å². The number of nitrogens with one attached hydrogen (secondary N) is 1. The molecule has 1 aromatic rings. The molecule has 1 heterocycles. The summed E-state index contributed by atoms with van der Waals surface area (Å²) in [6.45, 7) is 5.25. The summed E-state index contributed by atoms with van der Waals surface area (Å²) in [5.41, 5.74) is 7.98. The largest absolute Gasteiger partial charge is 0.394 e. The van der Waals surface area contributed by atoms with Crippen molar-refractivity contribution >= 4 is 11.5 Å². The molecule has 1 aliphatic carbocycles. The summed E-state index contributed by atoms with van der Waals surface area (Å²) >= 11 is 0. The molecule has 4 nitrogen and oxygen atoms in total. The summed E-state index contributed by atoms with van der Waals surface area (Å²) in [5, 5.41) is 7.95. The maximum atomic E-state index is 6.16. The van der Waals surface area contributed by atoms with Gasteiger partial charge in [0, 0.05) is 13.6 Å². The van der Waals surface area contributed by atoms with Gasteiger partial charge in [0.05, 0.1) is 11.4 Å². The maximum Gasteiger partial charge on any atom is 0.147 e. The first-order chi connectivity index (χ1) is 9.09. The molecule has 2 rings (SSSR count). The second-order valence-corrected chi connectivity index (χ2v) is 6.15. The van der Waals surface area contributed by atoms with E-state index in [2.05, 4.69) is 24.3 Å². The molecule has 0 saturated heterocycles. The van der Waals surface area contributed by atoms with E-state index < -0.39 is 0 Å². The zero-order chi connectivity index (χ0) is 13.8. The fraction of sp³-hybridized carbons (Fsp3) is 0.800. The van der Waals surface area contributed by atoms with Crippen molar-refractivity contribution in [3.05, 3.63) is 5.69 Å². The second-order valence-electron chi connectivity index (χ2n) is 6.15.